The van der Waals surface area contributed by atoms with E-state index in [0.717, 1.165) is 30.9 Å². The second kappa shape index (κ2) is 10.8. The number of H-pyrrole nitrogens is 1. The lowest BCUT2D eigenvalue weighted by Gasteiger charge is -2.27. The lowest BCUT2D eigenvalue weighted by molar-refractivity contribution is -0.0802. The SMILES string of the molecule is Cc1cc2nc3c(=O)[nH]c(=O)nc-3n(CC(O)C(O)C(O)CO)c2cc1NCCN1CCOCC1. The van der Waals surface area contributed by atoms with E-state index in [1.165, 1.54) is 4.57 Å². The monoisotopic (exact) mass is 490 g/mol. The summed E-state index contributed by atoms with van der Waals surface area (Å²) >= 11 is 0. The number of nitrogens with one attached hydrogen (secondary N) is 2. The molecule has 0 radical (unpaired) electrons. The Morgan fingerprint density at radius 1 is 1.14 bits per heavy atom. The van der Waals surface area contributed by atoms with Crippen molar-refractivity contribution in [2.24, 2.45) is 0 Å². The largest absolute Gasteiger partial charge is 0.394 e. The van der Waals surface area contributed by atoms with Crippen molar-refractivity contribution >= 4 is 16.7 Å². The third-order valence-corrected chi connectivity index (χ3v) is 6.15. The van der Waals surface area contributed by atoms with Crippen LogP contribution in [0.15, 0.2) is 21.7 Å². The molecule has 1 saturated heterocycles. The van der Waals surface area contributed by atoms with Gasteiger partial charge in [-0.1, -0.05) is 0 Å². The predicted molar refractivity (Wildman–Crippen MR) is 127 cm³/mol. The fourth-order valence-corrected chi connectivity index (χ4v) is 4.15. The number of ether oxygens (including phenoxy) is 1. The first-order valence-corrected chi connectivity index (χ1v) is 11.4. The Morgan fingerprint density at radius 2 is 1.89 bits per heavy atom. The average molecular weight is 491 g/mol. The summed E-state index contributed by atoms with van der Waals surface area (Å²) in [5, 5.41) is 43.0. The third kappa shape index (κ3) is 5.50. The molecule has 190 valence electrons. The van der Waals surface area contributed by atoms with E-state index in [1.54, 1.807) is 12.1 Å². The second-order valence-electron chi connectivity index (χ2n) is 8.61. The van der Waals surface area contributed by atoms with E-state index < -0.39 is 36.2 Å². The molecule has 3 aliphatic rings. The Hall–Kier alpha value is -2.94. The number of hydrogen-bond acceptors (Lipinski definition) is 11. The first-order chi connectivity index (χ1) is 16.8. The smallest absolute Gasteiger partial charge is 0.349 e. The summed E-state index contributed by atoms with van der Waals surface area (Å²) in [6, 6.07) is 3.56. The molecular formula is C22H30N6O7. The van der Waals surface area contributed by atoms with Gasteiger partial charge in [0.1, 0.15) is 18.3 Å². The van der Waals surface area contributed by atoms with Crippen molar-refractivity contribution in [3.63, 3.8) is 0 Å². The van der Waals surface area contributed by atoms with Crippen molar-refractivity contribution in [1.29, 1.82) is 0 Å². The number of anilines is 1. The molecule has 3 heterocycles. The van der Waals surface area contributed by atoms with Crippen molar-refractivity contribution in [3.8, 4) is 11.5 Å². The molecule has 0 saturated carbocycles. The molecule has 1 aromatic rings. The molecule has 0 bridgehead atoms. The van der Waals surface area contributed by atoms with Gasteiger partial charge in [0, 0.05) is 31.9 Å². The van der Waals surface area contributed by atoms with E-state index in [4.69, 9.17) is 9.84 Å². The number of aliphatic hydroxyl groups excluding tert-OH is 4. The van der Waals surface area contributed by atoms with E-state index >= 15 is 0 Å². The Labute approximate surface area is 200 Å². The minimum Gasteiger partial charge on any atom is -0.394 e. The minimum atomic E-state index is -1.67. The molecule has 4 rings (SSSR count). The molecule has 0 aliphatic carbocycles. The maximum absolute atomic E-state index is 12.4. The first-order valence-electron chi connectivity index (χ1n) is 11.4. The van der Waals surface area contributed by atoms with Gasteiger partial charge in [0.05, 0.1) is 37.4 Å². The van der Waals surface area contributed by atoms with Crippen LogP contribution in [0.5, 0.6) is 0 Å². The van der Waals surface area contributed by atoms with Gasteiger partial charge in [-0.05, 0) is 24.6 Å². The van der Waals surface area contributed by atoms with E-state index in [9.17, 15) is 24.9 Å². The van der Waals surface area contributed by atoms with Gasteiger partial charge >= 0.3 is 5.69 Å². The number of aromatic nitrogens is 4. The standard InChI is InChI=1S/C22H30N6O7/c1-12-8-14-15(9-13(12)23-2-3-27-4-6-35-7-5-27)28(10-16(30)19(32)17(31)11-29)20-18(24-14)21(33)26-22(34)25-20/h8-9,16-17,19,23,29-32H,2-7,10-11H2,1H3,(H,26,33,34). The quantitative estimate of drug-likeness (QED) is 0.177. The Morgan fingerprint density at radius 3 is 2.60 bits per heavy atom. The van der Waals surface area contributed by atoms with Crippen LogP contribution in [-0.4, -0.2) is 109 Å². The maximum Gasteiger partial charge on any atom is 0.349 e. The van der Waals surface area contributed by atoms with Crippen LogP contribution in [-0.2, 0) is 11.3 Å². The number of hydrogen-bond donors (Lipinski definition) is 6. The van der Waals surface area contributed by atoms with E-state index in [-0.39, 0.29) is 18.1 Å². The number of aromatic amines is 1. The van der Waals surface area contributed by atoms with Crippen LogP contribution in [0.2, 0.25) is 0 Å². The summed E-state index contributed by atoms with van der Waals surface area (Å²) in [6.45, 7) is 5.46. The minimum absolute atomic E-state index is 0.0703. The van der Waals surface area contributed by atoms with E-state index in [2.05, 4.69) is 25.2 Å². The molecule has 3 aliphatic heterocycles. The molecule has 3 atom stereocenters. The van der Waals surface area contributed by atoms with Crippen LogP contribution < -0.4 is 16.6 Å². The van der Waals surface area contributed by atoms with Crippen molar-refractivity contribution < 1.29 is 25.2 Å². The van der Waals surface area contributed by atoms with E-state index in [0.29, 0.717) is 30.8 Å². The zero-order valence-electron chi connectivity index (χ0n) is 19.3. The average Bonchev–Trinajstić information content (AvgIpc) is 2.84. The molecular weight excluding hydrogens is 460 g/mol. The number of aryl methyl sites for hydroxylation is 1. The molecule has 0 aromatic heterocycles. The topological polar surface area (TPSA) is 186 Å². The lowest BCUT2D eigenvalue weighted by Crippen LogP contribution is -2.42. The summed E-state index contributed by atoms with van der Waals surface area (Å²) in [6.07, 6.45) is -4.78. The number of morpholine rings is 1. The van der Waals surface area contributed by atoms with Gasteiger partial charge in [-0.3, -0.25) is 14.7 Å². The van der Waals surface area contributed by atoms with Gasteiger partial charge in [-0.25, -0.2) is 9.78 Å². The van der Waals surface area contributed by atoms with Gasteiger partial charge < -0.3 is 35.0 Å². The summed E-state index contributed by atoms with van der Waals surface area (Å²) in [5.74, 6) is -0.0703. The van der Waals surface area contributed by atoms with Crippen LogP contribution in [0, 0.1) is 6.92 Å². The van der Waals surface area contributed by atoms with Crippen LogP contribution in [0.3, 0.4) is 0 Å². The fourth-order valence-electron chi connectivity index (χ4n) is 4.15. The highest BCUT2D eigenvalue weighted by atomic mass is 16.5. The van der Waals surface area contributed by atoms with Gasteiger partial charge in [0.25, 0.3) is 5.56 Å². The summed E-state index contributed by atoms with van der Waals surface area (Å²) in [7, 11) is 0. The molecule has 1 aromatic carbocycles. The second-order valence-corrected chi connectivity index (χ2v) is 8.61. The van der Waals surface area contributed by atoms with Crippen molar-refractivity contribution in [2.45, 2.75) is 31.8 Å². The summed E-state index contributed by atoms with van der Waals surface area (Å²) < 4.78 is 6.79. The zero-order chi connectivity index (χ0) is 25.1. The Kier molecular flexibility index (Phi) is 7.74. The van der Waals surface area contributed by atoms with Crippen LogP contribution in [0.25, 0.3) is 22.6 Å². The Bertz CT molecular complexity index is 1260. The highest BCUT2D eigenvalue weighted by Gasteiger charge is 2.27. The van der Waals surface area contributed by atoms with Gasteiger partial charge in [0.15, 0.2) is 11.5 Å². The first kappa shape index (κ1) is 25.2. The third-order valence-electron chi connectivity index (χ3n) is 6.15. The highest BCUT2D eigenvalue weighted by molar-refractivity contribution is 5.84. The zero-order valence-corrected chi connectivity index (χ0v) is 19.3. The molecule has 6 N–H and O–H groups in total. The number of aliphatic hydroxyl groups is 4. The predicted octanol–water partition coefficient (Wildman–Crippen LogP) is -2.29. The molecule has 0 spiro atoms. The molecule has 13 nitrogen and oxygen atoms in total. The summed E-state index contributed by atoms with van der Waals surface area (Å²) in [4.78, 5) is 37.0. The molecule has 1 fully saturated rings. The lowest BCUT2D eigenvalue weighted by atomic mass is 10.1. The van der Waals surface area contributed by atoms with E-state index in [1.807, 2.05) is 6.92 Å². The maximum atomic E-state index is 12.4. The molecule has 3 unspecified atom stereocenters. The van der Waals surface area contributed by atoms with Gasteiger partial charge in [0.2, 0.25) is 0 Å². The van der Waals surface area contributed by atoms with Crippen molar-refractivity contribution in [2.75, 3.05) is 51.3 Å². The normalized spacial score (nSPS) is 17.5. The number of rotatable bonds is 9. The number of fused-ring (bicyclic) bond motifs is 2. The highest BCUT2D eigenvalue weighted by Crippen LogP contribution is 2.27. The van der Waals surface area contributed by atoms with Gasteiger partial charge in [-0.15, -0.1) is 0 Å². The van der Waals surface area contributed by atoms with Crippen LogP contribution in [0.4, 0.5) is 5.69 Å². The van der Waals surface area contributed by atoms with Crippen LogP contribution >= 0.6 is 0 Å². The van der Waals surface area contributed by atoms with Gasteiger partial charge in [-0.2, -0.15) is 4.98 Å². The van der Waals surface area contributed by atoms with Crippen molar-refractivity contribution in [1.82, 2.24) is 24.4 Å². The summed E-state index contributed by atoms with van der Waals surface area (Å²) in [5.41, 5.74) is 0.833. The molecule has 13 heteroatoms. The number of benzene rings is 1. The Balaban J connectivity index is 1.74. The van der Waals surface area contributed by atoms with Crippen molar-refractivity contribution in [3.05, 3.63) is 38.5 Å². The molecule has 0 amide bonds. The molecule has 35 heavy (non-hydrogen) atoms. The van der Waals surface area contributed by atoms with Crippen LogP contribution in [0.1, 0.15) is 5.56 Å². The fraction of sp³-hybridized carbons (Fsp3) is 0.545. The number of nitrogens with zero attached hydrogens (tertiary/aromatic N) is 4.